The summed E-state index contributed by atoms with van der Waals surface area (Å²) in [5.74, 6) is -0.735. The van der Waals surface area contributed by atoms with E-state index in [4.69, 9.17) is 18.9 Å². The molecular formula is C29H38FNO6. The zero-order chi connectivity index (χ0) is 26.7. The van der Waals surface area contributed by atoms with E-state index in [9.17, 15) is 9.90 Å². The maximum absolute atomic E-state index is 15.7. The first-order valence-corrected chi connectivity index (χ1v) is 13.0. The average Bonchev–Trinajstić information content (AvgIpc) is 3.37. The zero-order valence-corrected chi connectivity index (χ0v) is 22.4. The normalized spacial score (nSPS) is 24.2. The minimum absolute atomic E-state index is 0.134. The third kappa shape index (κ3) is 5.70. The number of carbonyl (C=O) groups is 1. The van der Waals surface area contributed by atoms with Gasteiger partial charge in [-0.05, 0) is 62.9 Å². The fraction of sp³-hybridized carbons (Fsp3) is 0.552. The van der Waals surface area contributed by atoms with Gasteiger partial charge in [0.1, 0.15) is 11.3 Å². The van der Waals surface area contributed by atoms with Gasteiger partial charge in [0, 0.05) is 29.7 Å². The summed E-state index contributed by atoms with van der Waals surface area (Å²) in [6, 6.07) is 7.15. The Bertz CT molecular complexity index is 1120. The number of halogens is 1. The number of anilines is 1. The molecule has 0 unspecified atom stereocenters. The lowest BCUT2D eigenvalue weighted by Gasteiger charge is -2.41. The van der Waals surface area contributed by atoms with Gasteiger partial charge in [-0.15, -0.1) is 0 Å². The van der Waals surface area contributed by atoms with Gasteiger partial charge in [0.05, 0.1) is 39.1 Å². The van der Waals surface area contributed by atoms with Crippen molar-refractivity contribution in [2.75, 3.05) is 19.5 Å². The van der Waals surface area contributed by atoms with Crippen molar-refractivity contribution in [1.29, 1.82) is 0 Å². The molecule has 1 heterocycles. The van der Waals surface area contributed by atoms with Crippen LogP contribution in [-0.2, 0) is 20.9 Å². The van der Waals surface area contributed by atoms with Crippen LogP contribution >= 0.6 is 0 Å². The highest BCUT2D eigenvalue weighted by molar-refractivity contribution is 5.84. The summed E-state index contributed by atoms with van der Waals surface area (Å²) in [5.41, 5.74) is 1.82. The molecule has 0 aromatic heterocycles. The number of hydrogen-bond donors (Lipinski definition) is 2. The highest BCUT2D eigenvalue weighted by Gasteiger charge is 2.45. The lowest BCUT2D eigenvalue weighted by molar-refractivity contribution is -0.151. The number of aliphatic carboxylic acids is 1. The number of methoxy groups -OCH3 is 2. The molecule has 1 saturated heterocycles. The van der Waals surface area contributed by atoms with Crippen LogP contribution in [0.1, 0.15) is 63.5 Å². The second kappa shape index (κ2) is 11.3. The van der Waals surface area contributed by atoms with Crippen LogP contribution < -0.4 is 14.8 Å². The largest absolute Gasteiger partial charge is 0.496 e. The van der Waals surface area contributed by atoms with Crippen molar-refractivity contribution in [2.24, 2.45) is 0 Å². The van der Waals surface area contributed by atoms with E-state index in [-0.39, 0.29) is 30.7 Å². The molecule has 2 aromatic rings. The molecule has 1 aliphatic heterocycles. The standard InChI is InChI=1S/C29H38FNO6/c1-17-14-29(28(32)33,15-18(2)37-17)31-21-10-11-23(20(12-21)16-36-22-8-6-7-9-22)24-13-25(34-4)19(3)27(35-5)26(24)30/h10-13,17-18,22,31H,6-9,14-16H2,1-5H3,(H,32,33)/t17-,18+,29+. The van der Waals surface area contributed by atoms with Crippen LogP contribution in [-0.4, -0.2) is 49.1 Å². The van der Waals surface area contributed by atoms with Crippen molar-refractivity contribution in [2.45, 2.75) is 89.8 Å². The summed E-state index contributed by atoms with van der Waals surface area (Å²) in [4.78, 5) is 12.4. The van der Waals surface area contributed by atoms with Crippen LogP contribution in [0.4, 0.5) is 10.1 Å². The molecule has 3 atom stereocenters. The summed E-state index contributed by atoms with van der Waals surface area (Å²) >= 11 is 0. The van der Waals surface area contributed by atoms with Crippen LogP contribution in [0.2, 0.25) is 0 Å². The van der Waals surface area contributed by atoms with Gasteiger partial charge in [0.2, 0.25) is 0 Å². The van der Waals surface area contributed by atoms with Crippen molar-refractivity contribution < 1.29 is 33.2 Å². The number of nitrogens with one attached hydrogen (secondary N) is 1. The van der Waals surface area contributed by atoms with E-state index >= 15 is 4.39 Å². The molecule has 7 nitrogen and oxygen atoms in total. The first kappa shape index (κ1) is 27.2. The minimum atomic E-state index is -1.16. The van der Waals surface area contributed by atoms with E-state index in [1.807, 2.05) is 26.0 Å². The van der Waals surface area contributed by atoms with E-state index < -0.39 is 17.3 Å². The fourth-order valence-corrected chi connectivity index (χ4v) is 5.83. The summed E-state index contributed by atoms with van der Waals surface area (Å²) in [6.45, 7) is 5.81. The predicted molar refractivity (Wildman–Crippen MR) is 140 cm³/mol. The van der Waals surface area contributed by atoms with Crippen molar-refractivity contribution in [3.05, 3.63) is 41.2 Å². The molecule has 8 heteroatoms. The van der Waals surface area contributed by atoms with Crippen LogP contribution in [0.15, 0.2) is 24.3 Å². The molecule has 1 saturated carbocycles. The van der Waals surface area contributed by atoms with E-state index in [0.717, 1.165) is 31.2 Å². The number of rotatable bonds is 9. The monoisotopic (exact) mass is 515 g/mol. The third-order valence-electron chi connectivity index (χ3n) is 7.55. The Balaban J connectivity index is 1.76. The van der Waals surface area contributed by atoms with Gasteiger partial charge in [0.25, 0.3) is 0 Å². The molecule has 2 fully saturated rings. The molecule has 37 heavy (non-hydrogen) atoms. The van der Waals surface area contributed by atoms with E-state index in [1.54, 1.807) is 26.2 Å². The summed E-state index contributed by atoms with van der Waals surface area (Å²) in [7, 11) is 2.98. The first-order chi connectivity index (χ1) is 17.7. The summed E-state index contributed by atoms with van der Waals surface area (Å²) in [5, 5.41) is 13.5. The number of benzene rings is 2. The number of ether oxygens (including phenoxy) is 4. The summed E-state index contributed by atoms with van der Waals surface area (Å²) in [6.07, 6.45) is 4.74. The zero-order valence-electron chi connectivity index (χ0n) is 22.4. The molecule has 202 valence electrons. The molecule has 2 N–H and O–H groups in total. The van der Waals surface area contributed by atoms with E-state index in [2.05, 4.69) is 5.32 Å². The Hall–Kier alpha value is -2.84. The Morgan fingerprint density at radius 2 is 1.78 bits per heavy atom. The topological polar surface area (TPSA) is 86.3 Å². The molecule has 0 amide bonds. The molecule has 4 rings (SSSR count). The molecule has 2 aliphatic rings. The van der Waals surface area contributed by atoms with Crippen molar-refractivity contribution >= 4 is 11.7 Å². The second-order valence-electron chi connectivity index (χ2n) is 10.4. The molecule has 2 aromatic carbocycles. The fourth-order valence-electron chi connectivity index (χ4n) is 5.83. The van der Waals surface area contributed by atoms with Crippen LogP contribution in [0.3, 0.4) is 0 Å². The molecular weight excluding hydrogens is 477 g/mol. The Morgan fingerprint density at radius 1 is 1.11 bits per heavy atom. The predicted octanol–water partition coefficient (Wildman–Crippen LogP) is 6.10. The van der Waals surface area contributed by atoms with Crippen molar-refractivity contribution in [1.82, 2.24) is 0 Å². The van der Waals surface area contributed by atoms with Gasteiger partial charge in [-0.25, -0.2) is 9.18 Å². The molecule has 0 spiro atoms. The lowest BCUT2D eigenvalue weighted by atomic mass is 9.83. The quantitative estimate of drug-likeness (QED) is 0.417. The van der Waals surface area contributed by atoms with E-state index in [1.165, 1.54) is 7.11 Å². The first-order valence-electron chi connectivity index (χ1n) is 13.0. The highest BCUT2D eigenvalue weighted by atomic mass is 19.1. The molecule has 0 bridgehead atoms. The summed E-state index contributed by atoms with van der Waals surface area (Å²) < 4.78 is 38.6. The van der Waals surface area contributed by atoms with Crippen molar-refractivity contribution in [3.8, 4) is 22.6 Å². The second-order valence-corrected chi connectivity index (χ2v) is 10.4. The number of carboxylic acid groups (broad SMARTS) is 1. The number of hydrogen-bond acceptors (Lipinski definition) is 6. The van der Waals surface area contributed by atoms with E-state index in [0.29, 0.717) is 41.0 Å². The number of carboxylic acids is 1. The SMILES string of the molecule is COc1cc(-c2ccc(N[C@@]3(C(=O)O)C[C@@H](C)O[C@@H](C)C3)cc2COC2CCCC2)c(F)c(OC)c1C. The van der Waals surface area contributed by atoms with Gasteiger partial charge >= 0.3 is 5.97 Å². The third-order valence-corrected chi connectivity index (χ3v) is 7.55. The van der Waals surface area contributed by atoms with Gasteiger partial charge in [-0.3, -0.25) is 0 Å². The molecule has 1 aliphatic carbocycles. The van der Waals surface area contributed by atoms with Gasteiger partial charge in [0.15, 0.2) is 11.6 Å². The Labute approximate surface area is 218 Å². The van der Waals surface area contributed by atoms with Gasteiger partial charge in [-0.2, -0.15) is 0 Å². The van der Waals surface area contributed by atoms with Gasteiger partial charge in [-0.1, -0.05) is 18.9 Å². The Morgan fingerprint density at radius 3 is 2.38 bits per heavy atom. The molecule has 0 radical (unpaired) electrons. The Kier molecular flexibility index (Phi) is 8.29. The minimum Gasteiger partial charge on any atom is -0.496 e. The lowest BCUT2D eigenvalue weighted by Crippen LogP contribution is -2.54. The van der Waals surface area contributed by atoms with Crippen LogP contribution in [0.5, 0.6) is 11.5 Å². The smallest absolute Gasteiger partial charge is 0.329 e. The maximum Gasteiger partial charge on any atom is 0.329 e. The van der Waals surface area contributed by atoms with Crippen LogP contribution in [0.25, 0.3) is 11.1 Å². The van der Waals surface area contributed by atoms with Crippen LogP contribution in [0, 0.1) is 12.7 Å². The van der Waals surface area contributed by atoms with Gasteiger partial charge < -0.3 is 29.4 Å². The van der Waals surface area contributed by atoms with Crippen molar-refractivity contribution in [3.63, 3.8) is 0 Å². The highest BCUT2D eigenvalue weighted by Crippen LogP contribution is 2.41. The average molecular weight is 516 g/mol. The maximum atomic E-state index is 15.7.